The highest BCUT2D eigenvalue weighted by Crippen LogP contribution is 2.11. The first kappa shape index (κ1) is 50.2. The minimum absolute atomic E-state index is 0.0195. The lowest BCUT2D eigenvalue weighted by Gasteiger charge is -2.31. The average molecular weight is 753 g/mol. The first-order valence-electron chi connectivity index (χ1n) is 20.3. The third-order valence-electron chi connectivity index (χ3n) is 8.31. The van der Waals surface area contributed by atoms with Gasteiger partial charge in [-0.25, -0.2) is 4.79 Å². The molecule has 8 heteroatoms. The molecule has 1 N–H and O–H groups in total. The molecular weight excluding hydrogens is 679 g/mol. The molecule has 304 valence electrons. The molecule has 8 nitrogen and oxygen atoms in total. The summed E-state index contributed by atoms with van der Waals surface area (Å²) in [5, 5.41) is 9.60. The fraction of sp³-hybridized carbons (Fsp3) is 0.587. The molecule has 0 fully saturated rings. The van der Waals surface area contributed by atoms with Crippen LogP contribution in [0.15, 0.2) is 97.2 Å². The monoisotopic (exact) mass is 753 g/mol. The number of hydrogen-bond acceptors (Lipinski definition) is 6. The number of hydrogen-bond donors (Lipinski definition) is 1. The van der Waals surface area contributed by atoms with Crippen LogP contribution in [0.2, 0.25) is 0 Å². The molecule has 2 unspecified atom stereocenters. The second-order valence-electron chi connectivity index (χ2n) is 14.2. The van der Waals surface area contributed by atoms with Crippen LogP contribution in [0.1, 0.15) is 123 Å². The quantitative estimate of drug-likeness (QED) is 0.0230. The number of allylic oxidation sites excluding steroid dienone is 16. The topological polar surface area (TPSA) is 99.1 Å². The van der Waals surface area contributed by atoms with Crippen molar-refractivity contribution in [2.45, 2.75) is 135 Å². The zero-order chi connectivity index (χ0) is 40.0. The van der Waals surface area contributed by atoms with Crippen molar-refractivity contribution in [3.63, 3.8) is 0 Å². The molecule has 0 aliphatic carbocycles. The van der Waals surface area contributed by atoms with Gasteiger partial charge in [-0.05, 0) is 70.6 Å². The van der Waals surface area contributed by atoms with Crippen LogP contribution in [0.3, 0.4) is 0 Å². The Kier molecular flexibility index (Phi) is 33.7. The zero-order valence-corrected chi connectivity index (χ0v) is 34.4. The molecule has 0 aliphatic heterocycles. The lowest BCUT2D eigenvalue weighted by atomic mass is 10.1. The van der Waals surface area contributed by atoms with E-state index in [1.54, 1.807) is 0 Å². The van der Waals surface area contributed by atoms with Crippen LogP contribution in [0.25, 0.3) is 0 Å². The molecule has 0 aromatic rings. The molecule has 0 aromatic heterocycles. The molecule has 0 bridgehead atoms. The van der Waals surface area contributed by atoms with Gasteiger partial charge in [0.2, 0.25) is 0 Å². The number of nitrogens with zero attached hydrogens (tertiary/aromatic N) is 1. The van der Waals surface area contributed by atoms with E-state index in [9.17, 15) is 19.5 Å². The Balaban J connectivity index is 4.58. The molecule has 0 aromatic carbocycles. The van der Waals surface area contributed by atoms with Crippen LogP contribution in [0.5, 0.6) is 0 Å². The van der Waals surface area contributed by atoms with Crippen LogP contribution in [-0.4, -0.2) is 80.6 Å². The van der Waals surface area contributed by atoms with Crippen LogP contribution >= 0.6 is 0 Å². The highest BCUT2D eigenvalue weighted by Gasteiger charge is 2.31. The van der Waals surface area contributed by atoms with Gasteiger partial charge < -0.3 is 23.8 Å². The number of rotatable bonds is 34. The van der Waals surface area contributed by atoms with E-state index in [1.807, 2.05) is 57.6 Å². The molecule has 0 spiro atoms. The minimum Gasteiger partial charge on any atom is -0.477 e. The van der Waals surface area contributed by atoms with Gasteiger partial charge in [0.05, 0.1) is 34.4 Å². The average Bonchev–Trinajstić information content (AvgIpc) is 3.12. The first-order valence-corrected chi connectivity index (χ1v) is 20.3. The van der Waals surface area contributed by atoms with Gasteiger partial charge in [0.1, 0.15) is 6.61 Å². The number of aliphatic carboxylic acids is 1. The summed E-state index contributed by atoms with van der Waals surface area (Å²) in [6.45, 7) is 4.43. The standard InChI is InChI=1S/C46H73NO7/c1-6-8-10-12-14-16-18-20-21-22-23-25-27-29-31-33-35-37-45(49)54-42(40-52-39-38-43(46(50)51)47(3,4)5)41-53-44(48)36-34-32-30-28-26-24-19-17-15-13-11-9-7-2/h9,11,13-17,19-21,23-26,29,31,42-43H,6-8,10,12,18,22,27-28,30,32-41H2,1-5H3/p+1/b11-9+,15-13+,16-14+,19-17+,21-20+,25-23+,26-24+,31-29+. The summed E-state index contributed by atoms with van der Waals surface area (Å²) in [4.78, 5) is 36.8. The molecule has 0 saturated heterocycles. The van der Waals surface area contributed by atoms with Gasteiger partial charge in [-0.3, -0.25) is 9.59 Å². The van der Waals surface area contributed by atoms with Crippen molar-refractivity contribution in [1.82, 2.24) is 0 Å². The maximum Gasteiger partial charge on any atom is 0.362 e. The summed E-state index contributed by atoms with van der Waals surface area (Å²) < 4.78 is 17.1. The van der Waals surface area contributed by atoms with Crippen molar-refractivity contribution < 1.29 is 38.2 Å². The van der Waals surface area contributed by atoms with Crippen LogP contribution in [0.4, 0.5) is 0 Å². The van der Waals surface area contributed by atoms with E-state index < -0.39 is 18.1 Å². The number of unbranched alkanes of at least 4 members (excludes halogenated alkanes) is 7. The highest BCUT2D eigenvalue weighted by molar-refractivity contribution is 5.72. The van der Waals surface area contributed by atoms with Gasteiger partial charge in [0.25, 0.3) is 0 Å². The van der Waals surface area contributed by atoms with E-state index in [0.717, 1.165) is 57.8 Å². The number of likely N-dealkylation sites (N-methyl/N-ethyl adjacent to an activating group) is 1. The predicted octanol–water partition coefficient (Wildman–Crippen LogP) is 10.7. The summed E-state index contributed by atoms with van der Waals surface area (Å²) in [6, 6.07) is -0.635. The summed E-state index contributed by atoms with van der Waals surface area (Å²) in [7, 11) is 5.47. The second kappa shape index (κ2) is 36.2. The van der Waals surface area contributed by atoms with E-state index in [-0.39, 0.29) is 42.7 Å². The van der Waals surface area contributed by atoms with Crippen molar-refractivity contribution in [1.29, 1.82) is 0 Å². The number of esters is 2. The van der Waals surface area contributed by atoms with Crippen molar-refractivity contribution in [2.75, 3.05) is 41.0 Å². The van der Waals surface area contributed by atoms with Gasteiger partial charge in [0, 0.05) is 19.3 Å². The Morgan fingerprint density at radius 3 is 1.72 bits per heavy atom. The van der Waals surface area contributed by atoms with E-state index in [1.165, 1.54) is 25.7 Å². The molecular formula is C46H74NO7+. The number of carboxylic acids is 1. The van der Waals surface area contributed by atoms with E-state index >= 15 is 0 Å². The van der Waals surface area contributed by atoms with E-state index in [4.69, 9.17) is 14.2 Å². The molecule has 0 aliphatic rings. The number of carbonyl (C=O) groups is 3. The maximum atomic E-state index is 12.7. The largest absolute Gasteiger partial charge is 0.477 e. The lowest BCUT2D eigenvalue weighted by Crippen LogP contribution is -2.50. The Morgan fingerprint density at radius 2 is 1.13 bits per heavy atom. The Morgan fingerprint density at radius 1 is 0.593 bits per heavy atom. The third-order valence-corrected chi connectivity index (χ3v) is 8.31. The summed E-state index contributed by atoms with van der Waals surface area (Å²) in [5.74, 6) is -1.61. The molecule has 0 amide bonds. The number of ether oxygens (including phenoxy) is 3. The third kappa shape index (κ3) is 34.0. The Hall–Kier alpha value is -3.75. The van der Waals surface area contributed by atoms with Gasteiger partial charge >= 0.3 is 17.9 Å². The van der Waals surface area contributed by atoms with Crippen LogP contribution < -0.4 is 0 Å². The van der Waals surface area contributed by atoms with E-state index in [2.05, 4.69) is 74.6 Å². The van der Waals surface area contributed by atoms with Crippen LogP contribution in [-0.2, 0) is 28.6 Å². The Labute approximate surface area is 328 Å². The molecule has 0 radical (unpaired) electrons. The molecule has 54 heavy (non-hydrogen) atoms. The van der Waals surface area contributed by atoms with Gasteiger partial charge in [-0.2, -0.15) is 0 Å². The normalized spacial score (nSPS) is 14.0. The van der Waals surface area contributed by atoms with Crippen molar-refractivity contribution in [2.24, 2.45) is 0 Å². The fourth-order valence-corrected chi connectivity index (χ4v) is 5.15. The maximum absolute atomic E-state index is 12.7. The molecule has 0 saturated carbocycles. The van der Waals surface area contributed by atoms with Gasteiger partial charge in [0.15, 0.2) is 12.1 Å². The smallest absolute Gasteiger partial charge is 0.362 e. The van der Waals surface area contributed by atoms with Crippen LogP contribution in [0, 0.1) is 0 Å². The number of carboxylic acid groups (broad SMARTS) is 1. The SMILES string of the molecule is CC/C=C/C=C/C=C/C=C/CCCCCC(=O)OCC(COCCC(C(=O)O)[N+](C)(C)C)OC(=O)CCC/C=C/C/C=C/C/C=C/C/C=C/CCCCC. The van der Waals surface area contributed by atoms with Crippen molar-refractivity contribution in [3.05, 3.63) is 97.2 Å². The fourth-order valence-electron chi connectivity index (χ4n) is 5.15. The molecule has 0 heterocycles. The number of quaternary nitrogens is 1. The predicted molar refractivity (Wildman–Crippen MR) is 224 cm³/mol. The van der Waals surface area contributed by atoms with Crippen molar-refractivity contribution >= 4 is 17.9 Å². The zero-order valence-electron chi connectivity index (χ0n) is 34.4. The molecule has 2 atom stereocenters. The lowest BCUT2D eigenvalue weighted by molar-refractivity contribution is -0.887. The van der Waals surface area contributed by atoms with Gasteiger partial charge in [-0.1, -0.05) is 130 Å². The summed E-state index contributed by atoms with van der Waals surface area (Å²) in [5.41, 5.74) is 0. The summed E-state index contributed by atoms with van der Waals surface area (Å²) >= 11 is 0. The molecule has 0 rings (SSSR count). The number of carbonyl (C=O) groups excluding carboxylic acids is 2. The highest BCUT2D eigenvalue weighted by atomic mass is 16.6. The Bertz CT molecular complexity index is 1200. The summed E-state index contributed by atoms with van der Waals surface area (Å²) in [6.07, 6.45) is 47.5. The van der Waals surface area contributed by atoms with Gasteiger partial charge in [-0.15, -0.1) is 0 Å². The van der Waals surface area contributed by atoms with E-state index in [0.29, 0.717) is 19.3 Å². The minimum atomic E-state index is -0.895. The van der Waals surface area contributed by atoms with Crippen molar-refractivity contribution in [3.8, 4) is 0 Å². The second-order valence-corrected chi connectivity index (χ2v) is 14.2. The first-order chi connectivity index (χ1) is 26.1.